The molecule has 4 rings (SSSR count). The minimum absolute atomic E-state index is 0.0963. The number of benzene rings is 2. The summed E-state index contributed by atoms with van der Waals surface area (Å²) in [5.74, 6) is 0.690. The maximum Gasteiger partial charge on any atom is 0.306 e. The van der Waals surface area contributed by atoms with Gasteiger partial charge in [-0.05, 0) is 93.2 Å². The van der Waals surface area contributed by atoms with Crippen LogP contribution in [0, 0.1) is 17.8 Å². The van der Waals surface area contributed by atoms with Crippen LogP contribution in [0.2, 0.25) is 0 Å². The van der Waals surface area contributed by atoms with Gasteiger partial charge < -0.3 is 24.4 Å². The van der Waals surface area contributed by atoms with Gasteiger partial charge in [-0.2, -0.15) is 0 Å². The molecular formula is C39H57NO7. The predicted octanol–water partition coefficient (Wildman–Crippen LogP) is 8.01. The Morgan fingerprint density at radius 3 is 2.45 bits per heavy atom. The van der Waals surface area contributed by atoms with Crippen molar-refractivity contribution in [3.8, 4) is 11.5 Å². The highest BCUT2D eigenvalue weighted by molar-refractivity contribution is 5.69. The molecular weight excluding hydrogens is 594 g/mol. The molecule has 2 aromatic carbocycles. The van der Waals surface area contributed by atoms with E-state index in [2.05, 4.69) is 36.1 Å². The van der Waals surface area contributed by atoms with Crippen molar-refractivity contribution in [1.82, 2.24) is 4.90 Å². The number of para-hydroxylation sites is 1. The van der Waals surface area contributed by atoms with Gasteiger partial charge in [-0.25, -0.2) is 0 Å². The van der Waals surface area contributed by atoms with Gasteiger partial charge in [-0.3, -0.25) is 14.5 Å². The monoisotopic (exact) mass is 651 g/mol. The van der Waals surface area contributed by atoms with Crippen LogP contribution in [0.3, 0.4) is 0 Å². The molecule has 4 atom stereocenters. The summed E-state index contributed by atoms with van der Waals surface area (Å²) in [5, 5.41) is 18.8. The molecule has 1 saturated carbocycles. The van der Waals surface area contributed by atoms with Crippen LogP contribution in [0.1, 0.15) is 102 Å². The molecule has 8 heteroatoms. The Kier molecular flexibility index (Phi) is 15.4. The molecule has 0 spiro atoms. The molecule has 2 fully saturated rings. The van der Waals surface area contributed by atoms with E-state index < -0.39 is 17.9 Å². The molecule has 47 heavy (non-hydrogen) atoms. The standard InChI is InChI=1S/C39H57NO7/c1-3-11-34-35(22-25-45-37(34)26-29(2)39(43)44)40(23-10-9-16-38(41)42)24-21-32-14-7-8-15-36(32)47-28-31-17-19-33(20-18-31)46-27-30-12-5-4-6-13-30/h7-8,14-15,17-20,29-30,34-35,37H,3-6,9-13,16,21-28H2,1-2H3,(H,41,42)(H,43,44). The van der Waals surface area contributed by atoms with Crippen molar-refractivity contribution in [3.05, 3.63) is 59.7 Å². The Labute approximate surface area is 281 Å². The summed E-state index contributed by atoms with van der Waals surface area (Å²) in [6, 6.07) is 16.7. The van der Waals surface area contributed by atoms with Crippen LogP contribution < -0.4 is 9.47 Å². The van der Waals surface area contributed by atoms with Gasteiger partial charge in [-0.15, -0.1) is 0 Å². The van der Waals surface area contributed by atoms with Gasteiger partial charge in [0.25, 0.3) is 0 Å². The zero-order valence-electron chi connectivity index (χ0n) is 28.6. The molecule has 0 aromatic heterocycles. The van der Waals surface area contributed by atoms with Crippen LogP contribution in [0.4, 0.5) is 0 Å². The Morgan fingerprint density at radius 1 is 0.957 bits per heavy atom. The zero-order chi connectivity index (χ0) is 33.4. The van der Waals surface area contributed by atoms with E-state index in [-0.39, 0.29) is 24.5 Å². The fraction of sp³-hybridized carbons (Fsp3) is 0.641. The van der Waals surface area contributed by atoms with Crippen LogP contribution >= 0.6 is 0 Å². The Hall–Kier alpha value is -3.10. The lowest BCUT2D eigenvalue weighted by Gasteiger charge is -2.45. The molecule has 2 aliphatic rings. The first-order valence-electron chi connectivity index (χ1n) is 18.1. The van der Waals surface area contributed by atoms with Crippen molar-refractivity contribution in [3.63, 3.8) is 0 Å². The SMILES string of the molecule is CCCC1C(CC(C)C(=O)O)OCCC1N(CCCCC(=O)O)CCc1ccccc1OCc1ccc(OCC2CCCCC2)cc1. The Balaban J connectivity index is 1.38. The van der Waals surface area contributed by atoms with Gasteiger partial charge in [0.1, 0.15) is 18.1 Å². The quantitative estimate of drug-likeness (QED) is 0.139. The minimum atomic E-state index is -0.785. The topological polar surface area (TPSA) is 106 Å². The fourth-order valence-corrected chi connectivity index (χ4v) is 7.34. The maximum absolute atomic E-state index is 11.7. The molecule has 4 unspecified atom stereocenters. The van der Waals surface area contributed by atoms with Crippen LogP contribution in [0.15, 0.2) is 48.5 Å². The van der Waals surface area contributed by atoms with Crippen molar-refractivity contribution in [2.24, 2.45) is 17.8 Å². The number of hydrogen-bond donors (Lipinski definition) is 2. The lowest BCUT2D eigenvalue weighted by Crippen LogP contribution is -2.51. The second kappa shape index (κ2) is 19.7. The van der Waals surface area contributed by atoms with Crippen molar-refractivity contribution >= 4 is 11.9 Å². The van der Waals surface area contributed by atoms with Gasteiger partial charge in [0, 0.05) is 31.5 Å². The number of carboxylic acid groups (broad SMARTS) is 2. The number of aliphatic carboxylic acids is 2. The third kappa shape index (κ3) is 12.1. The van der Waals surface area contributed by atoms with E-state index in [1.807, 2.05) is 24.3 Å². The van der Waals surface area contributed by atoms with E-state index in [4.69, 9.17) is 14.2 Å². The predicted molar refractivity (Wildman–Crippen MR) is 184 cm³/mol. The van der Waals surface area contributed by atoms with Crippen LogP contribution in [-0.2, 0) is 27.4 Å². The fourth-order valence-electron chi connectivity index (χ4n) is 7.34. The number of hydrogen-bond acceptors (Lipinski definition) is 6. The first-order chi connectivity index (χ1) is 22.8. The normalized spacial score (nSPS) is 21.0. The van der Waals surface area contributed by atoms with Crippen LogP contribution in [0.25, 0.3) is 0 Å². The summed E-state index contributed by atoms with van der Waals surface area (Å²) in [5.41, 5.74) is 2.24. The molecule has 0 bridgehead atoms. The van der Waals surface area contributed by atoms with E-state index in [1.54, 1.807) is 6.92 Å². The van der Waals surface area contributed by atoms with Gasteiger partial charge in [-0.1, -0.05) is 69.9 Å². The lowest BCUT2D eigenvalue weighted by atomic mass is 9.81. The summed E-state index contributed by atoms with van der Waals surface area (Å²) in [4.78, 5) is 25.4. The molecule has 8 nitrogen and oxygen atoms in total. The molecule has 260 valence electrons. The molecule has 1 saturated heterocycles. The average molecular weight is 652 g/mol. The highest BCUT2D eigenvalue weighted by Gasteiger charge is 2.38. The molecule has 1 heterocycles. The summed E-state index contributed by atoms with van der Waals surface area (Å²) >= 11 is 0. The first kappa shape index (κ1) is 36.7. The summed E-state index contributed by atoms with van der Waals surface area (Å²) in [7, 11) is 0. The van der Waals surface area contributed by atoms with E-state index in [0.717, 1.165) is 74.4 Å². The molecule has 0 radical (unpaired) electrons. The molecule has 2 N–H and O–H groups in total. The largest absolute Gasteiger partial charge is 0.493 e. The average Bonchev–Trinajstić information content (AvgIpc) is 3.08. The third-order valence-electron chi connectivity index (χ3n) is 10.1. The molecule has 1 aliphatic carbocycles. The van der Waals surface area contributed by atoms with E-state index in [1.165, 1.54) is 32.1 Å². The third-order valence-corrected chi connectivity index (χ3v) is 10.1. The van der Waals surface area contributed by atoms with Crippen LogP contribution in [0.5, 0.6) is 11.5 Å². The highest BCUT2D eigenvalue weighted by Crippen LogP contribution is 2.34. The van der Waals surface area contributed by atoms with E-state index in [9.17, 15) is 19.8 Å². The Bertz CT molecular complexity index is 1210. The molecule has 2 aromatic rings. The highest BCUT2D eigenvalue weighted by atomic mass is 16.5. The minimum Gasteiger partial charge on any atom is -0.493 e. The van der Waals surface area contributed by atoms with Crippen LogP contribution in [-0.4, -0.2) is 65.5 Å². The molecule has 1 aliphatic heterocycles. The molecule has 0 amide bonds. The first-order valence-corrected chi connectivity index (χ1v) is 18.1. The van der Waals surface area contributed by atoms with Crippen molar-refractivity contribution < 1.29 is 34.0 Å². The second-order valence-electron chi connectivity index (χ2n) is 13.7. The van der Waals surface area contributed by atoms with Gasteiger partial charge in [0.2, 0.25) is 0 Å². The van der Waals surface area contributed by atoms with E-state index >= 15 is 0 Å². The van der Waals surface area contributed by atoms with Gasteiger partial charge in [0.05, 0.1) is 18.6 Å². The van der Waals surface area contributed by atoms with Crippen molar-refractivity contribution in [2.75, 3.05) is 26.3 Å². The number of rotatable bonds is 20. The van der Waals surface area contributed by atoms with Gasteiger partial charge in [0.15, 0.2) is 0 Å². The summed E-state index contributed by atoms with van der Waals surface area (Å²) in [6.45, 7) is 7.43. The van der Waals surface area contributed by atoms with E-state index in [0.29, 0.717) is 32.0 Å². The Morgan fingerprint density at radius 2 is 1.72 bits per heavy atom. The number of carboxylic acids is 2. The number of ether oxygens (including phenoxy) is 3. The number of carbonyl (C=O) groups is 2. The second-order valence-corrected chi connectivity index (χ2v) is 13.7. The zero-order valence-corrected chi connectivity index (χ0v) is 28.6. The van der Waals surface area contributed by atoms with Crippen molar-refractivity contribution in [1.29, 1.82) is 0 Å². The maximum atomic E-state index is 11.7. The number of unbranched alkanes of at least 4 members (excludes halogenated alkanes) is 1. The summed E-state index contributed by atoms with van der Waals surface area (Å²) < 4.78 is 18.7. The van der Waals surface area contributed by atoms with Gasteiger partial charge >= 0.3 is 11.9 Å². The van der Waals surface area contributed by atoms with Crippen molar-refractivity contribution in [2.45, 2.75) is 116 Å². The summed E-state index contributed by atoms with van der Waals surface area (Å²) in [6.07, 6.45) is 12.2. The smallest absolute Gasteiger partial charge is 0.306 e. The lowest BCUT2D eigenvalue weighted by molar-refractivity contribution is -0.145. The number of nitrogens with zero attached hydrogens (tertiary/aromatic N) is 1.